The van der Waals surface area contributed by atoms with Crippen molar-refractivity contribution < 1.29 is 18.7 Å². The smallest absolute Gasteiger partial charge is 0.337 e. The molecule has 3 aromatic rings. The first-order valence-electron chi connectivity index (χ1n) is 12.8. The fourth-order valence-corrected chi connectivity index (χ4v) is 6.07. The molecule has 0 bridgehead atoms. The number of carbonyl (C=O) groups is 2. The Bertz CT molecular complexity index is 1340. The van der Waals surface area contributed by atoms with E-state index in [2.05, 4.69) is 22.5 Å². The number of nitrogens with zero attached hydrogens (tertiary/aromatic N) is 1. The topological polar surface area (TPSA) is 70.7 Å². The molecule has 0 spiro atoms. The number of benzene rings is 3. The summed E-state index contributed by atoms with van der Waals surface area (Å²) in [5.41, 5.74) is 2.72. The summed E-state index contributed by atoms with van der Waals surface area (Å²) in [6.07, 6.45) is 0.615. The Morgan fingerprint density at radius 1 is 1.21 bits per heavy atom. The summed E-state index contributed by atoms with van der Waals surface area (Å²) in [5, 5.41) is 6.97. The van der Waals surface area contributed by atoms with E-state index in [1.807, 2.05) is 25.1 Å². The normalized spacial score (nSPS) is 20.7. The fourth-order valence-electron chi connectivity index (χ4n) is 5.71. The summed E-state index contributed by atoms with van der Waals surface area (Å²) < 4.78 is 20.4. The predicted molar refractivity (Wildman–Crippen MR) is 153 cm³/mol. The highest BCUT2D eigenvalue weighted by Gasteiger charge is 2.49. The van der Waals surface area contributed by atoms with Crippen molar-refractivity contribution in [2.75, 3.05) is 32.1 Å². The Hall–Kier alpha value is -2.97. The van der Waals surface area contributed by atoms with Crippen molar-refractivity contribution in [1.82, 2.24) is 10.2 Å². The summed E-state index contributed by atoms with van der Waals surface area (Å²) in [4.78, 5) is 25.5. The molecule has 0 aliphatic carbocycles. The van der Waals surface area contributed by atoms with Crippen molar-refractivity contribution in [2.45, 2.75) is 31.8 Å². The molecule has 206 valence electrons. The van der Waals surface area contributed by atoms with Gasteiger partial charge in [-0.15, -0.1) is 0 Å². The van der Waals surface area contributed by atoms with Gasteiger partial charge in [-0.05, 0) is 66.4 Å². The molecular formula is C30H32Cl2FN3O3. The third kappa shape index (κ3) is 6.12. The van der Waals surface area contributed by atoms with Crippen LogP contribution in [0, 0.1) is 11.7 Å². The molecule has 6 nitrogen and oxygen atoms in total. The van der Waals surface area contributed by atoms with Crippen molar-refractivity contribution in [3.8, 4) is 0 Å². The SMILES string of the molecule is CCN(Cc1ccc(C(=O)OC)cc1)C[C@@H]1CN[C@](C)(c2ccc(Cl)cc2NC=O)C1c1cccc(Cl)c1F. The minimum absolute atomic E-state index is 0.0111. The third-order valence-corrected chi connectivity index (χ3v) is 8.15. The van der Waals surface area contributed by atoms with Gasteiger partial charge in [0.05, 0.1) is 23.2 Å². The van der Waals surface area contributed by atoms with Gasteiger partial charge in [-0.2, -0.15) is 0 Å². The van der Waals surface area contributed by atoms with Crippen LogP contribution in [0.5, 0.6) is 0 Å². The maximum atomic E-state index is 15.6. The van der Waals surface area contributed by atoms with E-state index in [0.29, 0.717) is 47.9 Å². The van der Waals surface area contributed by atoms with Gasteiger partial charge in [0, 0.05) is 36.3 Å². The van der Waals surface area contributed by atoms with Crippen LogP contribution in [0.1, 0.15) is 46.8 Å². The van der Waals surface area contributed by atoms with Crippen molar-refractivity contribution in [3.05, 3.63) is 98.8 Å². The number of ether oxygens (including phenoxy) is 1. The van der Waals surface area contributed by atoms with Crippen LogP contribution in [0.3, 0.4) is 0 Å². The van der Waals surface area contributed by atoms with Gasteiger partial charge < -0.3 is 15.4 Å². The van der Waals surface area contributed by atoms with Gasteiger partial charge in [0.2, 0.25) is 6.41 Å². The molecule has 3 aromatic carbocycles. The van der Waals surface area contributed by atoms with Crippen LogP contribution in [-0.4, -0.2) is 44.0 Å². The lowest BCUT2D eigenvalue weighted by Gasteiger charge is -2.37. The number of amides is 1. The molecule has 1 aliphatic rings. The molecule has 0 aromatic heterocycles. The van der Waals surface area contributed by atoms with Crippen LogP contribution in [0.25, 0.3) is 0 Å². The van der Waals surface area contributed by atoms with E-state index in [9.17, 15) is 9.59 Å². The summed E-state index contributed by atoms with van der Waals surface area (Å²) >= 11 is 12.5. The van der Waals surface area contributed by atoms with E-state index in [1.165, 1.54) is 7.11 Å². The van der Waals surface area contributed by atoms with Gasteiger partial charge >= 0.3 is 5.97 Å². The van der Waals surface area contributed by atoms with Gasteiger partial charge in [0.15, 0.2) is 0 Å². The van der Waals surface area contributed by atoms with Gasteiger partial charge in [-0.1, -0.05) is 60.5 Å². The zero-order valence-electron chi connectivity index (χ0n) is 22.1. The highest BCUT2D eigenvalue weighted by Crippen LogP contribution is 2.50. The Balaban J connectivity index is 1.69. The molecule has 9 heteroatoms. The molecule has 1 fully saturated rings. The second-order valence-corrected chi connectivity index (χ2v) is 10.8. The molecule has 1 heterocycles. The van der Waals surface area contributed by atoms with Crippen LogP contribution in [0.15, 0.2) is 60.7 Å². The number of carbonyl (C=O) groups excluding carboxylic acids is 2. The molecule has 1 aliphatic heterocycles. The number of anilines is 1. The first-order chi connectivity index (χ1) is 18.7. The van der Waals surface area contributed by atoms with Crippen molar-refractivity contribution in [1.29, 1.82) is 0 Å². The Morgan fingerprint density at radius 3 is 2.62 bits per heavy atom. The molecule has 1 unspecified atom stereocenters. The standard InChI is InChI=1S/C30H32Cl2FN3O3/c1-4-36(16-19-8-10-20(11-9-19)29(38)39-3)17-21-15-35-30(2,24-13-12-22(31)14-26(24)34-18-37)27(21)23-6-5-7-25(32)28(23)33/h5-14,18,21,27,35H,4,15-17H2,1-3H3,(H,34,37)/t21-,27?,30+/m0/s1. The van der Waals surface area contributed by atoms with Gasteiger partial charge in [0.25, 0.3) is 0 Å². The van der Waals surface area contributed by atoms with Gasteiger partial charge in [0.1, 0.15) is 5.82 Å². The molecule has 1 saturated heterocycles. The molecule has 1 amide bonds. The quantitative estimate of drug-likeness (QED) is 0.223. The summed E-state index contributed by atoms with van der Waals surface area (Å²) in [5.74, 6) is -1.11. The largest absolute Gasteiger partial charge is 0.465 e. The average Bonchev–Trinajstić information content (AvgIpc) is 3.26. The monoisotopic (exact) mass is 571 g/mol. The van der Waals surface area contributed by atoms with E-state index >= 15 is 4.39 Å². The highest BCUT2D eigenvalue weighted by atomic mass is 35.5. The van der Waals surface area contributed by atoms with Crippen LogP contribution in [-0.2, 0) is 21.6 Å². The molecule has 0 saturated carbocycles. The lowest BCUT2D eigenvalue weighted by molar-refractivity contribution is -0.105. The lowest BCUT2D eigenvalue weighted by Crippen LogP contribution is -2.39. The van der Waals surface area contributed by atoms with E-state index in [4.69, 9.17) is 27.9 Å². The molecule has 39 heavy (non-hydrogen) atoms. The Morgan fingerprint density at radius 2 is 1.95 bits per heavy atom. The predicted octanol–water partition coefficient (Wildman–Crippen LogP) is 6.23. The van der Waals surface area contributed by atoms with Crippen molar-refractivity contribution in [2.24, 2.45) is 5.92 Å². The Kier molecular flexibility index (Phi) is 9.28. The number of nitrogens with one attached hydrogen (secondary N) is 2. The first-order valence-corrected chi connectivity index (χ1v) is 13.6. The maximum absolute atomic E-state index is 15.6. The molecule has 2 N–H and O–H groups in total. The number of hydrogen-bond donors (Lipinski definition) is 2. The minimum Gasteiger partial charge on any atom is -0.465 e. The second-order valence-electron chi connectivity index (χ2n) is 9.93. The molecule has 4 rings (SSSR count). The van der Waals surface area contributed by atoms with Crippen LogP contribution >= 0.6 is 23.2 Å². The van der Waals surface area contributed by atoms with Crippen molar-refractivity contribution in [3.63, 3.8) is 0 Å². The van der Waals surface area contributed by atoms with Crippen LogP contribution in [0.2, 0.25) is 10.0 Å². The number of hydrogen-bond acceptors (Lipinski definition) is 5. The summed E-state index contributed by atoms with van der Waals surface area (Å²) in [6.45, 7) is 6.85. The summed E-state index contributed by atoms with van der Waals surface area (Å²) in [6, 6.07) is 17.8. The van der Waals surface area contributed by atoms with E-state index in [-0.39, 0.29) is 22.8 Å². The van der Waals surface area contributed by atoms with Crippen molar-refractivity contribution >= 4 is 41.3 Å². The second kappa shape index (κ2) is 12.5. The van der Waals surface area contributed by atoms with Gasteiger partial charge in [-0.3, -0.25) is 9.69 Å². The molecule has 0 radical (unpaired) electrons. The van der Waals surface area contributed by atoms with Crippen LogP contribution < -0.4 is 10.6 Å². The van der Waals surface area contributed by atoms with E-state index in [0.717, 1.165) is 17.7 Å². The lowest BCUT2D eigenvalue weighted by atomic mass is 9.72. The number of esters is 1. The summed E-state index contributed by atoms with van der Waals surface area (Å²) in [7, 11) is 1.36. The molecule has 3 atom stereocenters. The fraction of sp³-hybridized carbons (Fsp3) is 0.333. The van der Waals surface area contributed by atoms with E-state index < -0.39 is 11.4 Å². The minimum atomic E-state index is -0.728. The number of rotatable bonds is 10. The van der Waals surface area contributed by atoms with Crippen LogP contribution in [0.4, 0.5) is 10.1 Å². The average molecular weight is 573 g/mol. The Labute approximate surface area is 238 Å². The zero-order valence-corrected chi connectivity index (χ0v) is 23.7. The number of methoxy groups -OCH3 is 1. The highest BCUT2D eigenvalue weighted by molar-refractivity contribution is 6.31. The van der Waals surface area contributed by atoms with E-state index in [1.54, 1.807) is 42.5 Å². The molecular weight excluding hydrogens is 540 g/mol. The third-order valence-electron chi connectivity index (χ3n) is 7.62. The number of halogens is 3. The first kappa shape index (κ1) is 29.0. The van der Waals surface area contributed by atoms with Gasteiger partial charge in [-0.25, -0.2) is 9.18 Å². The zero-order chi connectivity index (χ0) is 28.2. The maximum Gasteiger partial charge on any atom is 0.337 e.